The molecule has 142 valence electrons. The first-order valence-electron chi connectivity index (χ1n) is 8.64. The van der Waals surface area contributed by atoms with Gasteiger partial charge in [-0.05, 0) is 63.0 Å². The fraction of sp³-hybridized carbons (Fsp3) is 0.500. The van der Waals surface area contributed by atoms with E-state index in [0.717, 1.165) is 37.3 Å². The number of aryl methyl sites for hydroxylation is 3. The second kappa shape index (κ2) is 9.00. The minimum atomic E-state index is -0.245. The van der Waals surface area contributed by atoms with Gasteiger partial charge in [0, 0.05) is 13.0 Å². The first-order chi connectivity index (χ1) is 12.0. The summed E-state index contributed by atoms with van der Waals surface area (Å²) in [7, 11) is 1.79. The SMILES string of the molecule is Cc1ccc(OCC(=O)Nc2nc(C3CCNCC3)nn2C)cc1C.Cl. The number of ether oxygens (including phenoxy) is 1. The molecule has 2 aromatic rings. The molecule has 1 saturated heterocycles. The van der Waals surface area contributed by atoms with Crippen LogP contribution in [0.4, 0.5) is 5.95 Å². The van der Waals surface area contributed by atoms with Gasteiger partial charge >= 0.3 is 0 Å². The summed E-state index contributed by atoms with van der Waals surface area (Å²) < 4.78 is 7.18. The van der Waals surface area contributed by atoms with E-state index < -0.39 is 0 Å². The van der Waals surface area contributed by atoms with Crippen molar-refractivity contribution < 1.29 is 9.53 Å². The van der Waals surface area contributed by atoms with Gasteiger partial charge in [-0.15, -0.1) is 12.4 Å². The molecule has 0 bridgehead atoms. The van der Waals surface area contributed by atoms with Gasteiger partial charge < -0.3 is 10.1 Å². The number of nitrogens with zero attached hydrogens (tertiary/aromatic N) is 3. The van der Waals surface area contributed by atoms with Gasteiger partial charge in [0.05, 0.1) is 0 Å². The van der Waals surface area contributed by atoms with Crippen LogP contribution in [-0.2, 0) is 11.8 Å². The molecule has 7 nitrogen and oxygen atoms in total. The van der Waals surface area contributed by atoms with E-state index >= 15 is 0 Å². The van der Waals surface area contributed by atoms with Gasteiger partial charge in [-0.3, -0.25) is 10.1 Å². The molecule has 1 fully saturated rings. The van der Waals surface area contributed by atoms with Crippen LogP contribution in [0.2, 0.25) is 0 Å². The second-order valence-corrected chi connectivity index (χ2v) is 6.52. The van der Waals surface area contributed by atoms with Crippen LogP contribution in [0.1, 0.15) is 35.7 Å². The van der Waals surface area contributed by atoms with Crippen LogP contribution < -0.4 is 15.4 Å². The first-order valence-corrected chi connectivity index (χ1v) is 8.64. The Kier molecular flexibility index (Phi) is 6.99. The number of hydrogen-bond acceptors (Lipinski definition) is 5. The molecule has 26 heavy (non-hydrogen) atoms. The van der Waals surface area contributed by atoms with Gasteiger partial charge in [-0.25, -0.2) is 4.68 Å². The van der Waals surface area contributed by atoms with Gasteiger partial charge in [-0.2, -0.15) is 10.1 Å². The molecule has 0 aliphatic carbocycles. The highest BCUT2D eigenvalue weighted by molar-refractivity contribution is 5.90. The van der Waals surface area contributed by atoms with Crippen LogP contribution in [0.25, 0.3) is 0 Å². The van der Waals surface area contributed by atoms with Crippen molar-refractivity contribution >= 4 is 24.3 Å². The lowest BCUT2D eigenvalue weighted by molar-refractivity contribution is -0.118. The van der Waals surface area contributed by atoms with Gasteiger partial charge in [0.25, 0.3) is 5.91 Å². The molecule has 0 unspecified atom stereocenters. The molecule has 1 aliphatic heterocycles. The van der Waals surface area contributed by atoms with Crippen molar-refractivity contribution in [3.05, 3.63) is 35.2 Å². The van der Waals surface area contributed by atoms with Crippen molar-refractivity contribution in [2.75, 3.05) is 25.0 Å². The number of benzene rings is 1. The zero-order chi connectivity index (χ0) is 17.8. The van der Waals surface area contributed by atoms with E-state index in [4.69, 9.17) is 4.74 Å². The number of anilines is 1. The first kappa shape index (κ1) is 20.2. The monoisotopic (exact) mass is 379 g/mol. The maximum atomic E-state index is 12.1. The maximum Gasteiger partial charge on any atom is 0.264 e. The number of rotatable bonds is 5. The van der Waals surface area contributed by atoms with Crippen LogP contribution in [0.3, 0.4) is 0 Å². The molecule has 1 aromatic heterocycles. The molecule has 1 amide bonds. The molecular weight excluding hydrogens is 354 g/mol. The Bertz CT molecular complexity index is 756. The lowest BCUT2D eigenvalue weighted by Crippen LogP contribution is -2.27. The van der Waals surface area contributed by atoms with Gasteiger partial charge in [0.2, 0.25) is 5.95 Å². The van der Waals surface area contributed by atoms with Crippen molar-refractivity contribution in [2.24, 2.45) is 7.05 Å². The van der Waals surface area contributed by atoms with Crippen molar-refractivity contribution in [1.29, 1.82) is 0 Å². The van der Waals surface area contributed by atoms with Crippen molar-refractivity contribution in [3.8, 4) is 5.75 Å². The van der Waals surface area contributed by atoms with E-state index in [-0.39, 0.29) is 24.9 Å². The predicted molar refractivity (Wildman–Crippen MR) is 103 cm³/mol. The smallest absolute Gasteiger partial charge is 0.264 e. The zero-order valence-corrected chi connectivity index (χ0v) is 16.2. The predicted octanol–water partition coefficient (Wildman–Crippen LogP) is 2.34. The summed E-state index contributed by atoms with van der Waals surface area (Å²) in [6.45, 7) is 5.96. The second-order valence-electron chi connectivity index (χ2n) is 6.52. The van der Waals surface area contributed by atoms with Crippen LogP contribution in [0.5, 0.6) is 5.75 Å². The van der Waals surface area contributed by atoms with Gasteiger partial charge in [0.15, 0.2) is 12.4 Å². The fourth-order valence-electron chi connectivity index (χ4n) is 2.88. The van der Waals surface area contributed by atoms with Crippen LogP contribution in [-0.4, -0.2) is 40.4 Å². The number of nitrogens with one attached hydrogen (secondary N) is 2. The summed E-state index contributed by atoms with van der Waals surface area (Å²) in [5.74, 6) is 2.05. The lowest BCUT2D eigenvalue weighted by atomic mass is 9.98. The fourth-order valence-corrected chi connectivity index (χ4v) is 2.88. The van der Waals surface area contributed by atoms with Crippen LogP contribution in [0, 0.1) is 13.8 Å². The molecule has 3 rings (SSSR count). The third-order valence-electron chi connectivity index (χ3n) is 4.58. The maximum absolute atomic E-state index is 12.1. The van der Waals surface area contributed by atoms with Crippen LogP contribution in [0.15, 0.2) is 18.2 Å². The molecule has 1 aliphatic rings. The highest BCUT2D eigenvalue weighted by Crippen LogP contribution is 2.23. The van der Waals surface area contributed by atoms with E-state index in [1.807, 2.05) is 32.0 Å². The van der Waals surface area contributed by atoms with E-state index in [9.17, 15) is 4.79 Å². The molecule has 8 heteroatoms. The van der Waals surface area contributed by atoms with E-state index in [1.54, 1.807) is 11.7 Å². The van der Waals surface area contributed by atoms with Crippen molar-refractivity contribution in [3.63, 3.8) is 0 Å². The summed E-state index contributed by atoms with van der Waals surface area (Å²) in [6.07, 6.45) is 2.04. The zero-order valence-electron chi connectivity index (χ0n) is 15.4. The number of piperidine rings is 1. The lowest BCUT2D eigenvalue weighted by Gasteiger charge is -2.19. The van der Waals surface area contributed by atoms with Gasteiger partial charge in [0.1, 0.15) is 5.75 Å². The standard InChI is InChI=1S/C18H25N5O2.ClH/c1-12-4-5-15(10-13(12)2)25-11-16(24)20-18-21-17(22-23(18)3)14-6-8-19-9-7-14;/h4-5,10,14,19H,6-9,11H2,1-3H3,(H,20,21,22,24);1H. The Labute approximate surface area is 159 Å². The molecule has 0 spiro atoms. The molecule has 2 N–H and O–H groups in total. The minimum Gasteiger partial charge on any atom is -0.484 e. The third-order valence-corrected chi connectivity index (χ3v) is 4.58. The highest BCUT2D eigenvalue weighted by Gasteiger charge is 2.21. The summed E-state index contributed by atoms with van der Waals surface area (Å²) in [6, 6.07) is 5.78. The van der Waals surface area contributed by atoms with Crippen molar-refractivity contribution in [1.82, 2.24) is 20.1 Å². The summed E-state index contributed by atoms with van der Waals surface area (Å²) in [4.78, 5) is 16.6. The average Bonchev–Trinajstić information content (AvgIpc) is 2.97. The Hall–Kier alpha value is -2.12. The molecule has 1 aromatic carbocycles. The number of amides is 1. The number of hydrogen-bond donors (Lipinski definition) is 2. The number of carbonyl (C=O) groups excluding carboxylic acids is 1. The summed E-state index contributed by atoms with van der Waals surface area (Å²) in [5.41, 5.74) is 2.33. The van der Waals surface area contributed by atoms with E-state index in [2.05, 4.69) is 20.7 Å². The molecule has 0 atom stereocenters. The third kappa shape index (κ3) is 4.95. The number of carbonyl (C=O) groups is 1. The minimum absolute atomic E-state index is 0. The van der Waals surface area contributed by atoms with Crippen LogP contribution >= 0.6 is 12.4 Å². The Balaban J connectivity index is 0.00000243. The van der Waals surface area contributed by atoms with Crippen molar-refractivity contribution in [2.45, 2.75) is 32.6 Å². The molecule has 2 heterocycles. The number of halogens is 1. The normalized spacial score (nSPS) is 14.6. The molecule has 0 radical (unpaired) electrons. The van der Waals surface area contributed by atoms with E-state index in [0.29, 0.717) is 17.6 Å². The largest absolute Gasteiger partial charge is 0.484 e. The molecular formula is C18H26ClN5O2. The Morgan fingerprint density at radius 1 is 1.31 bits per heavy atom. The summed E-state index contributed by atoms with van der Waals surface area (Å²) >= 11 is 0. The highest BCUT2D eigenvalue weighted by atomic mass is 35.5. The topological polar surface area (TPSA) is 81.1 Å². The Morgan fingerprint density at radius 3 is 2.73 bits per heavy atom. The number of aromatic nitrogens is 3. The average molecular weight is 380 g/mol. The Morgan fingerprint density at radius 2 is 2.04 bits per heavy atom. The quantitative estimate of drug-likeness (QED) is 0.833. The molecule has 0 saturated carbocycles. The van der Waals surface area contributed by atoms with Gasteiger partial charge in [-0.1, -0.05) is 6.07 Å². The van der Waals surface area contributed by atoms with E-state index in [1.165, 1.54) is 5.56 Å². The summed E-state index contributed by atoms with van der Waals surface area (Å²) in [5, 5.41) is 10.6.